The third-order valence-corrected chi connectivity index (χ3v) is 4.41. The van der Waals surface area contributed by atoms with Gasteiger partial charge in [-0.3, -0.25) is 9.59 Å². The van der Waals surface area contributed by atoms with Crippen LogP contribution in [0.4, 0.5) is 0 Å². The van der Waals surface area contributed by atoms with Crippen LogP contribution in [-0.4, -0.2) is 16.9 Å². The van der Waals surface area contributed by atoms with Gasteiger partial charge < -0.3 is 5.11 Å². The number of hydrogen-bond acceptors (Lipinski definition) is 2. The summed E-state index contributed by atoms with van der Waals surface area (Å²) < 4.78 is 0. The molecule has 23 heavy (non-hydrogen) atoms. The zero-order valence-corrected chi connectivity index (χ0v) is 14.4. The normalized spacial score (nSPS) is 19.3. The predicted molar refractivity (Wildman–Crippen MR) is 93.0 cm³/mol. The molecule has 1 fully saturated rings. The molecular weight excluding hydrogens is 288 g/mol. The van der Waals surface area contributed by atoms with E-state index in [-0.39, 0.29) is 5.78 Å². The molecule has 3 heteroatoms. The Kier molecular flexibility index (Phi) is 10.1. The summed E-state index contributed by atoms with van der Waals surface area (Å²) in [5.74, 6) is 7.13. The molecule has 0 bridgehead atoms. The molecule has 0 aliphatic heterocycles. The van der Waals surface area contributed by atoms with Crippen LogP contribution in [0.1, 0.15) is 77.6 Å². The highest BCUT2D eigenvalue weighted by Crippen LogP contribution is 2.45. The first-order chi connectivity index (χ1) is 11.1. The summed E-state index contributed by atoms with van der Waals surface area (Å²) in [4.78, 5) is 21.9. The average molecular weight is 318 g/mol. The number of aliphatic carboxylic acids is 1. The Morgan fingerprint density at radius 2 is 1.83 bits per heavy atom. The largest absolute Gasteiger partial charge is 0.481 e. The smallest absolute Gasteiger partial charge is 0.303 e. The standard InChI is InChI=1S/C20H30O3/c1-2-3-6-13-19(21)14-8-5-4-7-11-17-16-18(17)12-9-10-15-20(22)23/h8,14,17-18H,2-3,6-7,9-13,15-16H2,1H3,(H,22,23)/b14-8+/t17-,18+/m0/s1. The fourth-order valence-electron chi connectivity index (χ4n) is 2.86. The van der Waals surface area contributed by atoms with Crippen molar-refractivity contribution in [1.82, 2.24) is 0 Å². The van der Waals surface area contributed by atoms with E-state index in [0.29, 0.717) is 12.8 Å². The first-order valence-electron chi connectivity index (χ1n) is 9.03. The Bertz CT molecular complexity index is 453. The van der Waals surface area contributed by atoms with Gasteiger partial charge in [-0.2, -0.15) is 0 Å². The third kappa shape index (κ3) is 10.7. The van der Waals surface area contributed by atoms with Gasteiger partial charge in [-0.1, -0.05) is 44.4 Å². The van der Waals surface area contributed by atoms with Crippen molar-refractivity contribution >= 4 is 11.8 Å². The van der Waals surface area contributed by atoms with Crippen LogP contribution in [0.15, 0.2) is 12.2 Å². The molecule has 1 aliphatic rings. The lowest BCUT2D eigenvalue weighted by Gasteiger charge is -1.98. The Hall–Kier alpha value is -1.56. The topological polar surface area (TPSA) is 54.4 Å². The van der Waals surface area contributed by atoms with Crippen molar-refractivity contribution in [2.45, 2.75) is 77.6 Å². The number of unbranched alkanes of at least 4 members (excludes halogenated alkanes) is 3. The molecule has 0 aromatic heterocycles. The van der Waals surface area contributed by atoms with E-state index in [1.165, 1.54) is 6.42 Å². The van der Waals surface area contributed by atoms with Crippen molar-refractivity contribution in [2.24, 2.45) is 11.8 Å². The van der Waals surface area contributed by atoms with Crippen molar-refractivity contribution in [3.05, 3.63) is 12.2 Å². The number of carbonyl (C=O) groups is 2. The van der Waals surface area contributed by atoms with Crippen LogP contribution in [0.2, 0.25) is 0 Å². The van der Waals surface area contributed by atoms with E-state index < -0.39 is 5.97 Å². The second kappa shape index (κ2) is 11.9. The highest BCUT2D eigenvalue weighted by Gasteiger charge is 2.35. The minimum Gasteiger partial charge on any atom is -0.481 e. The molecule has 1 N–H and O–H groups in total. The first kappa shape index (κ1) is 19.5. The Morgan fingerprint density at radius 1 is 1.09 bits per heavy atom. The summed E-state index contributed by atoms with van der Waals surface area (Å²) in [7, 11) is 0. The lowest BCUT2D eigenvalue weighted by atomic mass is 10.1. The van der Waals surface area contributed by atoms with Crippen LogP contribution in [-0.2, 0) is 9.59 Å². The highest BCUT2D eigenvalue weighted by molar-refractivity contribution is 5.89. The van der Waals surface area contributed by atoms with Crippen LogP contribution in [0.3, 0.4) is 0 Å². The van der Waals surface area contributed by atoms with Crippen molar-refractivity contribution in [3.63, 3.8) is 0 Å². The quantitative estimate of drug-likeness (QED) is 0.321. The molecular formula is C20H30O3. The molecule has 0 aromatic carbocycles. The van der Waals surface area contributed by atoms with Crippen molar-refractivity contribution < 1.29 is 14.7 Å². The summed E-state index contributed by atoms with van der Waals surface area (Å²) in [6, 6.07) is 0. The number of carboxylic acid groups (broad SMARTS) is 1. The fourth-order valence-corrected chi connectivity index (χ4v) is 2.86. The van der Waals surface area contributed by atoms with Gasteiger partial charge in [0.1, 0.15) is 0 Å². The molecule has 1 rings (SSSR count). The molecule has 0 radical (unpaired) electrons. The van der Waals surface area contributed by atoms with Gasteiger partial charge in [-0.15, -0.1) is 0 Å². The fraction of sp³-hybridized carbons (Fsp3) is 0.700. The van der Waals surface area contributed by atoms with E-state index in [1.807, 2.05) is 0 Å². The summed E-state index contributed by atoms with van der Waals surface area (Å²) in [5, 5.41) is 8.58. The van der Waals surface area contributed by atoms with Crippen molar-refractivity contribution in [2.75, 3.05) is 0 Å². The lowest BCUT2D eigenvalue weighted by molar-refractivity contribution is -0.137. The molecule has 0 aromatic rings. The SMILES string of the molecule is CCCCCC(=O)/C=C/C#CCC[C@H]1C[C@H]1CCCCC(=O)O. The van der Waals surface area contributed by atoms with Gasteiger partial charge in [-0.25, -0.2) is 0 Å². The van der Waals surface area contributed by atoms with Gasteiger partial charge in [0.2, 0.25) is 0 Å². The van der Waals surface area contributed by atoms with Crippen molar-refractivity contribution in [1.29, 1.82) is 0 Å². The van der Waals surface area contributed by atoms with Gasteiger partial charge in [0.15, 0.2) is 5.78 Å². The lowest BCUT2D eigenvalue weighted by Crippen LogP contribution is -1.94. The van der Waals surface area contributed by atoms with E-state index in [0.717, 1.165) is 63.2 Å². The average Bonchev–Trinajstić information content (AvgIpc) is 3.26. The number of allylic oxidation sites excluding steroid dienone is 2. The van der Waals surface area contributed by atoms with E-state index in [4.69, 9.17) is 5.11 Å². The Morgan fingerprint density at radius 3 is 2.57 bits per heavy atom. The van der Waals surface area contributed by atoms with E-state index >= 15 is 0 Å². The van der Waals surface area contributed by atoms with Crippen LogP contribution in [0.5, 0.6) is 0 Å². The van der Waals surface area contributed by atoms with Crippen LogP contribution in [0, 0.1) is 23.7 Å². The van der Waals surface area contributed by atoms with E-state index in [9.17, 15) is 9.59 Å². The zero-order chi connectivity index (χ0) is 16.9. The predicted octanol–water partition coefficient (Wildman–Crippen LogP) is 4.76. The zero-order valence-electron chi connectivity index (χ0n) is 14.4. The molecule has 0 heterocycles. The van der Waals surface area contributed by atoms with Crippen LogP contribution >= 0.6 is 0 Å². The molecule has 0 saturated heterocycles. The molecule has 0 unspecified atom stereocenters. The van der Waals surface area contributed by atoms with Gasteiger partial charge in [0, 0.05) is 19.3 Å². The van der Waals surface area contributed by atoms with Crippen molar-refractivity contribution in [3.8, 4) is 11.8 Å². The first-order valence-corrected chi connectivity index (χ1v) is 9.03. The molecule has 3 nitrogen and oxygen atoms in total. The second-order valence-corrected chi connectivity index (χ2v) is 6.51. The van der Waals surface area contributed by atoms with Gasteiger partial charge in [0.25, 0.3) is 0 Å². The minimum atomic E-state index is -0.690. The maximum Gasteiger partial charge on any atom is 0.303 e. The number of ketones is 1. The Labute approximate surface area is 140 Å². The molecule has 1 aliphatic carbocycles. The maximum atomic E-state index is 11.5. The summed E-state index contributed by atoms with van der Waals surface area (Å²) in [5.41, 5.74) is 0. The van der Waals surface area contributed by atoms with E-state index in [2.05, 4.69) is 18.8 Å². The molecule has 1 saturated carbocycles. The number of hydrogen-bond donors (Lipinski definition) is 1. The number of rotatable bonds is 12. The highest BCUT2D eigenvalue weighted by atomic mass is 16.4. The molecule has 0 amide bonds. The minimum absolute atomic E-state index is 0.177. The number of carbonyl (C=O) groups excluding carboxylic acids is 1. The van der Waals surface area contributed by atoms with Crippen LogP contribution < -0.4 is 0 Å². The number of carboxylic acids is 1. The molecule has 128 valence electrons. The van der Waals surface area contributed by atoms with Gasteiger partial charge in [0.05, 0.1) is 0 Å². The third-order valence-electron chi connectivity index (χ3n) is 4.41. The van der Waals surface area contributed by atoms with E-state index in [1.54, 1.807) is 12.2 Å². The summed E-state index contributed by atoms with van der Waals surface area (Å²) >= 11 is 0. The molecule has 2 atom stereocenters. The van der Waals surface area contributed by atoms with Gasteiger partial charge >= 0.3 is 5.97 Å². The monoisotopic (exact) mass is 318 g/mol. The maximum absolute atomic E-state index is 11.5. The second-order valence-electron chi connectivity index (χ2n) is 6.51. The van der Waals surface area contributed by atoms with Gasteiger partial charge in [-0.05, 0) is 49.7 Å². The summed E-state index contributed by atoms with van der Waals surface area (Å²) in [6.07, 6.45) is 13.7. The Balaban J connectivity index is 1.99. The van der Waals surface area contributed by atoms with Crippen LogP contribution in [0.25, 0.3) is 0 Å². The summed E-state index contributed by atoms with van der Waals surface area (Å²) in [6.45, 7) is 2.13. The molecule has 0 spiro atoms.